The van der Waals surface area contributed by atoms with Crippen molar-refractivity contribution in [1.29, 1.82) is 0 Å². The third-order valence-electron chi connectivity index (χ3n) is 5.12. The van der Waals surface area contributed by atoms with Gasteiger partial charge in [-0.1, -0.05) is 0 Å². The molecule has 2 saturated carbocycles. The Labute approximate surface area is 101 Å². The lowest BCUT2D eigenvalue weighted by molar-refractivity contribution is -0.144. The highest BCUT2D eigenvalue weighted by Gasteiger charge is 2.63. The van der Waals surface area contributed by atoms with Gasteiger partial charge in [-0.3, -0.25) is 4.79 Å². The van der Waals surface area contributed by atoms with Crippen molar-refractivity contribution < 1.29 is 14.3 Å². The number of rotatable bonds is 1. The van der Waals surface area contributed by atoms with Crippen LogP contribution in [0.2, 0.25) is 0 Å². The van der Waals surface area contributed by atoms with Crippen molar-refractivity contribution >= 4 is 5.91 Å². The van der Waals surface area contributed by atoms with Gasteiger partial charge in [0, 0.05) is 24.5 Å². The Morgan fingerprint density at radius 2 is 1.94 bits per heavy atom. The van der Waals surface area contributed by atoms with E-state index in [2.05, 4.69) is 4.90 Å². The highest BCUT2D eigenvalue weighted by atomic mass is 16.5. The molecule has 4 heteroatoms. The summed E-state index contributed by atoms with van der Waals surface area (Å²) in [4.78, 5) is 14.7. The number of ether oxygens (including phenoxy) is 2. The van der Waals surface area contributed by atoms with Crippen LogP contribution in [0.3, 0.4) is 0 Å². The summed E-state index contributed by atoms with van der Waals surface area (Å²) in [6.07, 6.45) is 4.41. The van der Waals surface area contributed by atoms with E-state index in [-0.39, 0.29) is 16.9 Å². The van der Waals surface area contributed by atoms with Crippen LogP contribution in [-0.2, 0) is 14.3 Å². The maximum atomic E-state index is 12.6. The van der Waals surface area contributed by atoms with Crippen LogP contribution in [0.1, 0.15) is 25.7 Å². The summed E-state index contributed by atoms with van der Waals surface area (Å²) in [5.41, 5.74) is 0.323. The zero-order chi connectivity index (χ0) is 11.5. The average molecular weight is 237 g/mol. The lowest BCUT2D eigenvalue weighted by atomic mass is 10.0. The maximum absolute atomic E-state index is 12.6. The Morgan fingerprint density at radius 1 is 1.12 bits per heavy atom. The van der Waals surface area contributed by atoms with E-state index >= 15 is 0 Å². The molecule has 0 aromatic rings. The van der Waals surface area contributed by atoms with Crippen molar-refractivity contribution in [3.8, 4) is 0 Å². The minimum Gasteiger partial charge on any atom is -0.381 e. The predicted molar refractivity (Wildman–Crippen MR) is 60.5 cm³/mol. The zero-order valence-corrected chi connectivity index (χ0v) is 10.1. The van der Waals surface area contributed by atoms with E-state index in [1.54, 1.807) is 0 Å². The molecule has 0 aromatic carbocycles. The molecule has 2 heterocycles. The molecule has 2 atom stereocenters. The Kier molecular flexibility index (Phi) is 1.96. The zero-order valence-electron chi connectivity index (χ0n) is 10.1. The lowest BCUT2D eigenvalue weighted by Gasteiger charge is -2.36. The normalized spacial score (nSPS) is 42.1. The third-order valence-corrected chi connectivity index (χ3v) is 5.12. The smallest absolute Gasteiger partial charge is 0.226 e. The first-order chi connectivity index (χ1) is 8.26. The first kappa shape index (κ1) is 10.3. The number of hydrogen-bond donors (Lipinski definition) is 0. The van der Waals surface area contributed by atoms with Crippen LogP contribution in [0.4, 0.5) is 0 Å². The minimum atomic E-state index is 0.0958. The van der Waals surface area contributed by atoms with E-state index in [1.807, 2.05) is 0 Å². The quantitative estimate of drug-likeness (QED) is 0.677. The number of hydrogen-bond acceptors (Lipinski definition) is 3. The molecule has 0 bridgehead atoms. The molecule has 2 saturated heterocycles. The minimum absolute atomic E-state index is 0.0958. The van der Waals surface area contributed by atoms with Gasteiger partial charge in [-0.05, 0) is 25.7 Å². The van der Waals surface area contributed by atoms with E-state index in [4.69, 9.17) is 9.47 Å². The van der Waals surface area contributed by atoms with Gasteiger partial charge >= 0.3 is 0 Å². The topological polar surface area (TPSA) is 38.8 Å². The number of nitrogens with zero attached hydrogens (tertiary/aromatic N) is 1. The van der Waals surface area contributed by atoms with E-state index in [9.17, 15) is 4.79 Å². The summed E-state index contributed by atoms with van der Waals surface area (Å²) >= 11 is 0. The van der Waals surface area contributed by atoms with E-state index in [0.29, 0.717) is 12.5 Å². The van der Waals surface area contributed by atoms with Gasteiger partial charge in [0.25, 0.3) is 0 Å². The second kappa shape index (κ2) is 3.23. The molecule has 0 aromatic heterocycles. The fraction of sp³-hybridized carbons (Fsp3) is 0.923. The van der Waals surface area contributed by atoms with Gasteiger partial charge in [0.05, 0.1) is 25.4 Å². The molecule has 1 amide bonds. The van der Waals surface area contributed by atoms with E-state index in [1.165, 1.54) is 0 Å². The van der Waals surface area contributed by atoms with Crippen molar-refractivity contribution in [2.45, 2.75) is 31.2 Å². The Morgan fingerprint density at radius 3 is 2.65 bits per heavy atom. The fourth-order valence-corrected chi connectivity index (χ4v) is 3.58. The van der Waals surface area contributed by atoms with Gasteiger partial charge in [-0.2, -0.15) is 0 Å². The molecular weight excluding hydrogens is 218 g/mol. The summed E-state index contributed by atoms with van der Waals surface area (Å²) < 4.78 is 11.0. The first-order valence-corrected chi connectivity index (χ1v) is 6.73. The van der Waals surface area contributed by atoms with Crippen LogP contribution in [0.25, 0.3) is 0 Å². The van der Waals surface area contributed by atoms with Crippen LogP contribution in [0, 0.1) is 11.3 Å². The van der Waals surface area contributed by atoms with Crippen LogP contribution in [0.15, 0.2) is 0 Å². The summed E-state index contributed by atoms with van der Waals surface area (Å²) in [7, 11) is 0. The monoisotopic (exact) mass is 237 g/mol. The summed E-state index contributed by atoms with van der Waals surface area (Å²) in [5.74, 6) is 0.636. The molecular formula is C13H19NO3. The summed E-state index contributed by atoms with van der Waals surface area (Å²) in [6, 6.07) is 0. The molecule has 0 radical (unpaired) electrons. The van der Waals surface area contributed by atoms with Crippen LogP contribution in [-0.4, -0.2) is 49.3 Å². The van der Waals surface area contributed by atoms with E-state index in [0.717, 1.165) is 52.0 Å². The van der Waals surface area contributed by atoms with Gasteiger partial charge < -0.3 is 14.4 Å². The Hall–Kier alpha value is -0.610. The molecule has 4 nitrogen and oxygen atoms in total. The number of carbonyl (C=O) groups is 1. The molecule has 0 N–H and O–H groups in total. The van der Waals surface area contributed by atoms with Gasteiger partial charge in [0.2, 0.25) is 5.91 Å². The van der Waals surface area contributed by atoms with Gasteiger partial charge in [-0.25, -0.2) is 0 Å². The summed E-state index contributed by atoms with van der Waals surface area (Å²) in [6.45, 7) is 3.92. The first-order valence-electron chi connectivity index (χ1n) is 6.73. The lowest BCUT2D eigenvalue weighted by Crippen LogP contribution is -2.51. The second-order valence-electron chi connectivity index (χ2n) is 6.19. The molecule has 2 spiro atoms. The van der Waals surface area contributed by atoms with Crippen molar-refractivity contribution in [3.63, 3.8) is 0 Å². The molecule has 4 aliphatic rings. The SMILES string of the molecule is O=C(C1CC12CCOC2)N1CCOCC12CC2. The average Bonchev–Trinajstić information content (AvgIpc) is 3.18. The van der Waals surface area contributed by atoms with Crippen LogP contribution >= 0.6 is 0 Å². The Balaban J connectivity index is 1.50. The maximum Gasteiger partial charge on any atom is 0.226 e. The fourth-order valence-electron chi connectivity index (χ4n) is 3.58. The molecule has 2 unspecified atom stereocenters. The van der Waals surface area contributed by atoms with Gasteiger partial charge in [0.15, 0.2) is 0 Å². The molecule has 2 aliphatic heterocycles. The van der Waals surface area contributed by atoms with Crippen LogP contribution < -0.4 is 0 Å². The number of carbonyl (C=O) groups excluding carboxylic acids is 1. The highest BCUT2D eigenvalue weighted by Crippen LogP contribution is 2.59. The molecule has 2 aliphatic carbocycles. The standard InChI is InChI=1S/C13H19NO3/c15-11(10-7-12(10)3-5-16-8-12)14-4-6-17-9-13(14)1-2-13/h10H,1-9H2. The second-order valence-corrected chi connectivity index (χ2v) is 6.19. The predicted octanol–water partition coefficient (Wildman–Crippen LogP) is 0.804. The molecule has 4 fully saturated rings. The van der Waals surface area contributed by atoms with Crippen molar-refractivity contribution in [3.05, 3.63) is 0 Å². The summed E-state index contributed by atoms with van der Waals surface area (Å²) in [5, 5.41) is 0. The van der Waals surface area contributed by atoms with Crippen LogP contribution in [0.5, 0.6) is 0 Å². The van der Waals surface area contributed by atoms with Crippen molar-refractivity contribution in [2.75, 3.05) is 33.0 Å². The molecule has 94 valence electrons. The number of amides is 1. The van der Waals surface area contributed by atoms with Crippen molar-refractivity contribution in [1.82, 2.24) is 4.90 Å². The Bertz CT molecular complexity index is 358. The molecule has 4 rings (SSSR count). The van der Waals surface area contributed by atoms with E-state index < -0.39 is 0 Å². The highest BCUT2D eigenvalue weighted by molar-refractivity contribution is 5.84. The van der Waals surface area contributed by atoms with Gasteiger partial charge in [0.1, 0.15) is 0 Å². The number of morpholine rings is 1. The van der Waals surface area contributed by atoms with Crippen molar-refractivity contribution in [2.24, 2.45) is 11.3 Å². The van der Waals surface area contributed by atoms with Gasteiger partial charge in [-0.15, -0.1) is 0 Å². The largest absolute Gasteiger partial charge is 0.381 e. The third kappa shape index (κ3) is 1.40. The molecule has 17 heavy (non-hydrogen) atoms.